The second kappa shape index (κ2) is 9.59. The minimum atomic E-state index is -0.681. The zero-order valence-corrected chi connectivity index (χ0v) is 18.4. The van der Waals surface area contributed by atoms with E-state index < -0.39 is 6.10 Å². The molecule has 0 aliphatic carbocycles. The first-order chi connectivity index (χ1) is 15.5. The highest BCUT2D eigenvalue weighted by atomic mass is 19.1. The number of aromatic hydroxyl groups is 1. The monoisotopic (exact) mass is 436 g/mol. The van der Waals surface area contributed by atoms with Gasteiger partial charge in [-0.25, -0.2) is 4.39 Å². The predicted molar refractivity (Wildman–Crippen MR) is 123 cm³/mol. The molecule has 3 unspecified atom stereocenters. The number of ether oxygens (including phenoxy) is 1. The van der Waals surface area contributed by atoms with E-state index in [9.17, 15) is 14.6 Å². The number of benzene rings is 3. The molecule has 168 valence electrons. The number of likely N-dealkylation sites (N-methyl/N-ethyl adjacent to an activating group) is 1. The maximum Gasteiger partial charge on any atom is 0.124 e. The third-order valence-electron chi connectivity index (χ3n) is 6.28. The number of para-hydroxylation sites is 1. The van der Waals surface area contributed by atoms with Crippen LogP contribution in [0.5, 0.6) is 11.5 Å². The van der Waals surface area contributed by atoms with E-state index >= 15 is 0 Å². The van der Waals surface area contributed by atoms with Gasteiger partial charge in [0.1, 0.15) is 17.3 Å². The van der Waals surface area contributed by atoms with E-state index in [4.69, 9.17) is 4.74 Å². The van der Waals surface area contributed by atoms with Gasteiger partial charge < -0.3 is 19.8 Å². The molecular formula is C26H29FN2O3. The Labute approximate surface area is 188 Å². The molecule has 0 spiro atoms. The van der Waals surface area contributed by atoms with E-state index in [1.165, 1.54) is 12.1 Å². The van der Waals surface area contributed by atoms with Crippen molar-refractivity contribution in [2.24, 2.45) is 0 Å². The number of hydrogen-bond donors (Lipinski definition) is 2. The first-order valence-electron chi connectivity index (χ1n) is 10.8. The zero-order chi connectivity index (χ0) is 22.7. The SMILES string of the molecule is COc1ccc(C2C(CCC(O)c3ccc(F)cc3)N(C)CN2c2ccccc2)c(O)c1. The molecule has 6 heteroatoms. The molecule has 0 saturated carbocycles. The van der Waals surface area contributed by atoms with Crippen molar-refractivity contribution >= 4 is 5.69 Å². The van der Waals surface area contributed by atoms with Crippen LogP contribution in [0, 0.1) is 5.82 Å². The summed E-state index contributed by atoms with van der Waals surface area (Å²) in [6.07, 6.45) is 0.547. The van der Waals surface area contributed by atoms with E-state index in [1.807, 2.05) is 30.3 Å². The third kappa shape index (κ3) is 4.56. The molecule has 0 aromatic heterocycles. The van der Waals surface area contributed by atoms with Crippen molar-refractivity contribution in [2.45, 2.75) is 31.0 Å². The summed E-state index contributed by atoms with van der Waals surface area (Å²) in [5.74, 6) is 0.479. The van der Waals surface area contributed by atoms with Gasteiger partial charge >= 0.3 is 0 Å². The fraction of sp³-hybridized carbons (Fsp3) is 0.308. The number of aliphatic hydroxyl groups excluding tert-OH is 1. The van der Waals surface area contributed by atoms with Gasteiger partial charge in [0.15, 0.2) is 0 Å². The lowest BCUT2D eigenvalue weighted by Crippen LogP contribution is -2.30. The first kappa shape index (κ1) is 22.1. The van der Waals surface area contributed by atoms with Crippen LogP contribution in [0.4, 0.5) is 10.1 Å². The van der Waals surface area contributed by atoms with Crippen LogP contribution in [-0.2, 0) is 0 Å². The van der Waals surface area contributed by atoms with Crippen LogP contribution in [0.2, 0.25) is 0 Å². The Morgan fingerprint density at radius 2 is 1.78 bits per heavy atom. The van der Waals surface area contributed by atoms with Gasteiger partial charge in [-0.2, -0.15) is 0 Å². The smallest absolute Gasteiger partial charge is 0.124 e. The van der Waals surface area contributed by atoms with E-state index in [-0.39, 0.29) is 23.7 Å². The lowest BCUT2D eigenvalue weighted by molar-refractivity contribution is 0.148. The highest BCUT2D eigenvalue weighted by Gasteiger charge is 2.40. The number of rotatable bonds is 7. The predicted octanol–water partition coefficient (Wildman–Crippen LogP) is 4.87. The maximum atomic E-state index is 13.2. The van der Waals surface area contributed by atoms with Crippen LogP contribution in [0.25, 0.3) is 0 Å². The van der Waals surface area contributed by atoms with Gasteiger partial charge in [-0.15, -0.1) is 0 Å². The number of aliphatic hydroxyl groups is 1. The first-order valence-corrected chi connectivity index (χ1v) is 10.8. The van der Waals surface area contributed by atoms with Crippen molar-refractivity contribution in [1.29, 1.82) is 0 Å². The Morgan fingerprint density at radius 3 is 2.44 bits per heavy atom. The summed E-state index contributed by atoms with van der Waals surface area (Å²) in [5, 5.41) is 21.5. The normalized spacial score (nSPS) is 19.8. The van der Waals surface area contributed by atoms with Crippen molar-refractivity contribution in [2.75, 3.05) is 25.7 Å². The quantitative estimate of drug-likeness (QED) is 0.553. The van der Waals surface area contributed by atoms with Gasteiger partial charge in [0.05, 0.1) is 25.9 Å². The molecule has 5 nitrogen and oxygen atoms in total. The number of phenols is 1. The third-order valence-corrected chi connectivity index (χ3v) is 6.28. The molecule has 4 rings (SSSR count). The largest absolute Gasteiger partial charge is 0.507 e. The van der Waals surface area contributed by atoms with Gasteiger partial charge in [0.2, 0.25) is 0 Å². The lowest BCUT2D eigenvalue weighted by atomic mass is 9.92. The van der Waals surface area contributed by atoms with E-state index in [0.717, 1.165) is 11.3 Å². The van der Waals surface area contributed by atoms with Crippen LogP contribution in [0.15, 0.2) is 72.8 Å². The number of methoxy groups -OCH3 is 1. The Hall–Kier alpha value is -3.09. The zero-order valence-electron chi connectivity index (χ0n) is 18.4. The average molecular weight is 437 g/mol. The Kier molecular flexibility index (Phi) is 6.63. The van der Waals surface area contributed by atoms with Crippen molar-refractivity contribution in [3.05, 3.63) is 89.7 Å². The Bertz CT molecular complexity index is 1030. The molecule has 0 amide bonds. The number of phenolic OH excluding ortho intramolecular Hbond substituents is 1. The molecule has 2 N–H and O–H groups in total. The molecular weight excluding hydrogens is 407 g/mol. The van der Waals surface area contributed by atoms with Crippen LogP contribution < -0.4 is 9.64 Å². The van der Waals surface area contributed by atoms with E-state index in [1.54, 1.807) is 25.3 Å². The molecule has 0 bridgehead atoms. The topological polar surface area (TPSA) is 56.2 Å². The molecule has 0 radical (unpaired) electrons. The summed E-state index contributed by atoms with van der Waals surface area (Å²) in [5.41, 5.74) is 2.59. The van der Waals surface area contributed by atoms with Gasteiger partial charge in [-0.05, 0) is 61.9 Å². The van der Waals surface area contributed by atoms with Gasteiger partial charge in [-0.3, -0.25) is 4.90 Å². The Morgan fingerprint density at radius 1 is 1.06 bits per heavy atom. The second-order valence-electron chi connectivity index (χ2n) is 8.29. The van der Waals surface area contributed by atoms with Crippen molar-refractivity contribution < 1.29 is 19.3 Å². The lowest BCUT2D eigenvalue weighted by Gasteiger charge is -2.30. The number of halogens is 1. The second-order valence-corrected chi connectivity index (χ2v) is 8.29. The molecule has 3 aromatic rings. The Balaban J connectivity index is 1.62. The molecule has 1 aliphatic rings. The fourth-order valence-corrected chi connectivity index (χ4v) is 4.58. The summed E-state index contributed by atoms with van der Waals surface area (Å²) in [4.78, 5) is 4.52. The summed E-state index contributed by atoms with van der Waals surface area (Å²) in [6.45, 7) is 0.692. The number of nitrogens with zero attached hydrogens (tertiary/aromatic N) is 2. The minimum absolute atomic E-state index is 0.0598. The molecule has 3 aromatic carbocycles. The maximum absolute atomic E-state index is 13.2. The molecule has 1 heterocycles. The summed E-state index contributed by atoms with van der Waals surface area (Å²) in [7, 11) is 3.64. The number of hydrogen-bond acceptors (Lipinski definition) is 5. The summed E-state index contributed by atoms with van der Waals surface area (Å²) >= 11 is 0. The van der Waals surface area contributed by atoms with Gasteiger partial charge in [0, 0.05) is 23.4 Å². The molecule has 3 atom stereocenters. The highest BCUT2D eigenvalue weighted by Crippen LogP contribution is 2.43. The minimum Gasteiger partial charge on any atom is -0.507 e. The summed E-state index contributed by atoms with van der Waals surface area (Å²) < 4.78 is 18.5. The number of anilines is 1. The van der Waals surface area contributed by atoms with E-state index in [2.05, 4.69) is 29.0 Å². The van der Waals surface area contributed by atoms with Crippen molar-refractivity contribution in [3.63, 3.8) is 0 Å². The van der Waals surface area contributed by atoms with Crippen LogP contribution in [0.3, 0.4) is 0 Å². The van der Waals surface area contributed by atoms with E-state index in [0.29, 0.717) is 30.8 Å². The fourth-order valence-electron chi connectivity index (χ4n) is 4.58. The van der Waals surface area contributed by atoms with Crippen LogP contribution >= 0.6 is 0 Å². The molecule has 1 fully saturated rings. The van der Waals surface area contributed by atoms with Crippen molar-refractivity contribution in [3.8, 4) is 11.5 Å². The van der Waals surface area contributed by atoms with Crippen LogP contribution in [-0.4, -0.2) is 42.0 Å². The highest BCUT2D eigenvalue weighted by molar-refractivity contribution is 5.53. The standard InChI is InChI=1S/C26H29FN2O3/c1-28-17-29(20-6-4-3-5-7-20)26(22-13-12-21(32-2)16-25(22)31)23(28)14-15-24(30)18-8-10-19(27)11-9-18/h3-13,16,23-24,26,30-31H,14-15,17H2,1-2H3. The molecule has 1 aliphatic heterocycles. The van der Waals surface area contributed by atoms with Gasteiger partial charge in [-0.1, -0.05) is 30.3 Å². The van der Waals surface area contributed by atoms with Crippen LogP contribution in [0.1, 0.15) is 36.1 Å². The molecule has 32 heavy (non-hydrogen) atoms. The molecule has 1 saturated heterocycles. The van der Waals surface area contributed by atoms with Gasteiger partial charge in [0.25, 0.3) is 0 Å². The average Bonchev–Trinajstić information content (AvgIpc) is 3.14. The summed E-state index contributed by atoms with van der Waals surface area (Å²) in [6, 6.07) is 21.5. The van der Waals surface area contributed by atoms with Crippen molar-refractivity contribution in [1.82, 2.24) is 4.90 Å².